The van der Waals surface area contributed by atoms with E-state index in [2.05, 4.69) is 9.44 Å². The summed E-state index contributed by atoms with van der Waals surface area (Å²) in [5.41, 5.74) is 0. The average Bonchev–Trinajstić information content (AvgIpc) is 3.24. The first-order valence-corrected chi connectivity index (χ1v) is 12.4. The van der Waals surface area contributed by atoms with Gasteiger partial charge < -0.3 is 4.90 Å². The number of thiophene rings is 1. The summed E-state index contributed by atoms with van der Waals surface area (Å²) in [6.07, 6.45) is 1.68. The SMILES string of the molecule is CN(C)C(CNS(=O)(=O)c1ccc(S(=O)(=O)NC2CC2)cc1)c1cccs1. The Kier molecular flexibility index (Phi) is 6.04. The molecule has 7 nitrogen and oxygen atoms in total. The maximum absolute atomic E-state index is 12.6. The van der Waals surface area contributed by atoms with Gasteiger partial charge in [-0.25, -0.2) is 26.3 Å². The van der Waals surface area contributed by atoms with Gasteiger partial charge in [-0.2, -0.15) is 0 Å². The normalized spacial score (nSPS) is 16.6. The quantitative estimate of drug-likeness (QED) is 0.633. The number of hydrogen-bond donors (Lipinski definition) is 2. The second-order valence-corrected chi connectivity index (χ2v) is 11.2. The molecular formula is C17H23N3O4S3. The van der Waals surface area contributed by atoms with Crippen LogP contribution in [0.5, 0.6) is 0 Å². The molecule has 2 N–H and O–H groups in total. The number of benzene rings is 1. The Morgan fingerprint density at radius 2 is 1.63 bits per heavy atom. The zero-order chi connectivity index (χ0) is 19.7. The minimum Gasteiger partial charge on any atom is -0.300 e. The van der Waals surface area contributed by atoms with E-state index in [1.165, 1.54) is 24.3 Å². The molecule has 0 amide bonds. The van der Waals surface area contributed by atoms with Gasteiger partial charge in [0.1, 0.15) is 0 Å². The van der Waals surface area contributed by atoms with Crippen LogP contribution in [0.15, 0.2) is 51.6 Å². The summed E-state index contributed by atoms with van der Waals surface area (Å²) in [5.74, 6) is 0. The van der Waals surface area contributed by atoms with Crippen molar-refractivity contribution in [2.24, 2.45) is 0 Å². The van der Waals surface area contributed by atoms with Crippen molar-refractivity contribution in [3.8, 4) is 0 Å². The molecule has 0 aliphatic heterocycles. The molecule has 1 saturated carbocycles. The lowest BCUT2D eigenvalue weighted by molar-refractivity contribution is 0.303. The molecule has 1 fully saturated rings. The van der Waals surface area contributed by atoms with Crippen LogP contribution in [-0.4, -0.2) is 48.4 Å². The van der Waals surface area contributed by atoms with Crippen LogP contribution in [0.4, 0.5) is 0 Å². The minimum absolute atomic E-state index is 0.000273. The molecule has 1 heterocycles. The van der Waals surface area contributed by atoms with Crippen molar-refractivity contribution in [3.05, 3.63) is 46.7 Å². The summed E-state index contributed by atoms with van der Waals surface area (Å²) in [4.78, 5) is 3.12. The van der Waals surface area contributed by atoms with E-state index in [9.17, 15) is 16.8 Å². The van der Waals surface area contributed by atoms with E-state index in [4.69, 9.17) is 0 Å². The van der Waals surface area contributed by atoms with Crippen molar-refractivity contribution in [2.45, 2.75) is 34.7 Å². The Bertz CT molecular complexity index is 965. The fourth-order valence-electron chi connectivity index (χ4n) is 2.58. The van der Waals surface area contributed by atoms with Gasteiger partial charge in [-0.1, -0.05) is 6.07 Å². The van der Waals surface area contributed by atoms with E-state index in [0.29, 0.717) is 0 Å². The molecule has 0 bridgehead atoms. The fourth-order valence-corrected chi connectivity index (χ4v) is 5.84. The second kappa shape index (κ2) is 7.98. The topological polar surface area (TPSA) is 95.6 Å². The Morgan fingerprint density at radius 1 is 1.04 bits per heavy atom. The van der Waals surface area contributed by atoms with Crippen LogP contribution in [0.3, 0.4) is 0 Å². The Hall–Kier alpha value is -1.30. The fraction of sp³-hybridized carbons (Fsp3) is 0.412. The van der Waals surface area contributed by atoms with E-state index in [0.717, 1.165) is 17.7 Å². The molecule has 1 aliphatic carbocycles. The third-order valence-electron chi connectivity index (χ3n) is 4.31. The van der Waals surface area contributed by atoms with Crippen molar-refractivity contribution >= 4 is 31.4 Å². The van der Waals surface area contributed by atoms with Crippen LogP contribution < -0.4 is 9.44 Å². The van der Waals surface area contributed by atoms with Crippen molar-refractivity contribution < 1.29 is 16.8 Å². The maximum atomic E-state index is 12.6. The second-order valence-electron chi connectivity index (χ2n) is 6.71. The van der Waals surface area contributed by atoms with Crippen LogP contribution in [0.25, 0.3) is 0 Å². The number of hydrogen-bond acceptors (Lipinski definition) is 6. The number of sulfonamides is 2. The zero-order valence-corrected chi connectivity index (χ0v) is 17.6. The summed E-state index contributed by atoms with van der Waals surface area (Å²) in [7, 11) is -3.55. The highest BCUT2D eigenvalue weighted by molar-refractivity contribution is 7.90. The van der Waals surface area contributed by atoms with Gasteiger partial charge in [-0.15, -0.1) is 11.3 Å². The van der Waals surface area contributed by atoms with Crippen molar-refractivity contribution in [2.75, 3.05) is 20.6 Å². The molecule has 148 valence electrons. The molecular weight excluding hydrogens is 406 g/mol. The van der Waals surface area contributed by atoms with Gasteiger partial charge in [0.15, 0.2) is 0 Å². The summed E-state index contributed by atoms with van der Waals surface area (Å²) in [6.45, 7) is 0.221. The van der Waals surface area contributed by atoms with Gasteiger partial charge in [-0.3, -0.25) is 0 Å². The van der Waals surface area contributed by atoms with Gasteiger partial charge in [0, 0.05) is 17.5 Å². The molecule has 1 aromatic carbocycles. The highest BCUT2D eigenvalue weighted by Gasteiger charge is 2.28. The Balaban J connectivity index is 1.71. The van der Waals surface area contributed by atoms with E-state index >= 15 is 0 Å². The van der Waals surface area contributed by atoms with Gasteiger partial charge >= 0.3 is 0 Å². The predicted molar refractivity (Wildman–Crippen MR) is 106 cm³/mol. The van der Waals surface area contributed by atoms with Crippen molar-refractivity contribution in [1.29, 1.82) is 0 Å². The van der Waals surface area contributed by atoms with Crippen LogP contribution in [0, 0.1) is 0 Å². The lowest BCUT2D eigenvalue weighted by Crippen LogP contribution is -2.34. The van der Waals surface area contributed by atoms with E-state index < -0.39 is 20.0 Å². The minimum atomic E-state index is -3.74. The summed E-state index contributed by atoms with van der Waals surface area (Å²) in [5, 5.41) is 1.95. The van der Waals surface area contributed by atoms with Crippen LogP contribution in [-0.2, 0) is 20.0 Å². The van der Waals surface area contributed by atoms with E-state index in [1.807, 2.05) is 36.5 Å². The summed E-state index contributed by atoms with van der Waals surface area (Å²) < 4.78 is 54.7. The molecule has 0 radical (unpaired) electrons. The van der Waals surface area contributed by atoms with Gasteiger partial charge in [-0.05, 0) is 62.6 Å². The molecule has 10 heteroatoms. The largest absolute Gasteiger partial charge is 0.300 e. The summed E-state index contributed by atoms with van der Waals surface area (Å²) >= 11 is 1.57. The van der Waals surface area contributed by atoms with Crippen LogP contribution in [0.2, 0.25) is 0 Å². The molecule has 27 heavy (non-hydrogen) atoms. The summed E-state index contributed by atoms with van der Waals surface area (Å²) in [6, 6.07) is 9.10. The van der Waals surface area contributed by atoms with Crippen LogP contribution >= 0.6 is 11.3 Å². The number of rotatable bonds is 9. The zero-order valence-electron chi connectivity index (χ0n) is 15.1. The first-order chi connectivity index (χ1) is 12.7. The molecule has 1 unspecified atom stereocenters. The smallest absolute Gasteiger partial charge is 0.240 e. The third-order valence-corrected chi connectivity index (χ3v) is 8.25. The average molecular weight is 430 g/mol. The predicted octanol–water partition coefficient (Wildman–Crippen LogP) is 1.77. The first kappa shape index (κ1) is 20.4. The highest BCUT2D eigenvalue weighted by atomic mass is 32.2. The van der Waals surface area contributed by atoms with Gasteiger partial charge in [0.05, 0.1) is 15.8 Å². The lowest BCUT2D eigenvalue weighted by Gasteiger charge is -2.23. The highest BCUT2D eigenvalue weighted by Crippen LogP contribution is 2.24. The molecule has 0 spiro atoms. The first-order valence-electron chi connectivity index (χ1n) is 8.51. The van der Waals surface area contributed by atoms with E-state index in [-0.39, 0.29) is 28.4 Å². The standard InChI is InChI=1S/C17H23N3O4S3/c1-20(2)16(17-4-3-11-25-17)12-18-26(21,22)14-7-9-15(10-8-14)27(23,24)19-13-5-6-13/h3-4,7-11,13,16,18-19H,5-6,12H2,1-2H3. The monoisotopic (exact) mass is 429 g/mol. The Labute approximate surface area is 164 Å². The maximum Gasteiger partial charge on any atom is 0.240 e. The molecule has 1 aliphatic rings. The number of likely N-dealkylation sites (N-methyl/N-ethyl adjacent to an activating group) is 1. The molecule has 1 atom stereocenters. The van der Waals surface area contributed by atoms with Crippen molar-refractivity contribution in [3.63, 3.8) is 0 Å². The van der Waals surface area contributed by atoms with Crippen molar-refractivity contribution in [1.82, 2.24) is 14.3 Å². The molecule has 2 aromatic rings. The van der Waals surface area contributed by atoms with Gasteiger partial charge in [0.25, 0.3) is 0 Å². The third kappa shape index (κ3) is 5.15. The number of nitrogens with zero attached hydrogens (tertiary/aromatic N) is 1. The molecule has 0 saturated heterocycles. The molecule has 3 rings (SSSR count). The van der Waals surface area contributed by atoms with Crippen LogP contribution in [0.1, 0.15) is 23.8 Å². The Morgan fingerprint density at radius 3 is 2.11 bits per heavy atom. The lowest BCUT2D eigenvalue weighted by atomic mass is 10.2. The molecule has 1 aromatic heterocycles. The van der Waals surface area contributed by atoms with Gasteiger partial charge in [0.2, 0.25) is 20.0 Å². The number of nitrogens with one attached hydrogen (secondary N) is 2. The van der Waals surface area contributed by atoms with E-state index in [1.54, 1.807) is 11.3 Å².